The summed E-state index contributed by atoms with van der Waals surface area (Å²) in [5.74, 6) is -0.935. The van der Waals surface area contributed by atoms with Crippen LogP contribution in [0.4, 0.5) is 5.82 Å². The van der Waals surface area contributed by atoms with Gasteiger partial charge in [0.25, 0.3) is 5.91 Å². The summed E-state index contributed by atoms with van der Waals surface area (Å²) in [6.45, 7) is 0.299. The minimum absolute atomic E-state index is 0.299. The predicted octanol–water partition coefficient (Wildman–Crippen LogP) is 0.589. The summed E-state index contributed by atoms with van der Waals surface area (Å²) in [6, 6.07) is 2.37. The molecule has 6 nitrogen and oxygen atoms in total. The molecular formula is C12H13N3O3. The predicted molar refractivity (Wildman–Crippen MR) is 65.4 cm³/mol. The van der Waals surface area contributed by atoms with E-state index < -0.39 is 12.0 Å². The second-order valence-electron chi connectivity index (χ2n) is 3.82. The Morgan fingerprint density at radius 2 is 2.33 bits per heavy atom. The monoisotopic (exact) mass is 247 g/mol. The second-order valence-corrected chi connectivity index (χ2v) is 3.82. The molecule has 1 amide bonds. The topological polar surface area (TPSA) is 82.5 Å². The van der Waals surface area contributed by atoms with Gasteiger partial charge in [-0.25, -0.2) is 9.78 Å². The molecular weight excluding hydrogens is 234 g/mol. The van der Waals surface area contributed by atoms with Gasteiger partial charge >= 0.3 is 5.97 Å². The molecule has 1 atom stereocenters. The zero-order valence-electron chi connectivity index (χ0n) is 9.83. The summed E-state index contributed by atoms with van der Waals surface area (Å²) < 4.78 is 0. The fourth-order valence-electron chi connectivity index (χ4n) is 1.88. The molecule has 0 saturated carbocycles. The summed E-state index contributed by atoms with van der Waals surface area (Å²) in [6.07, 6.45) is 4.75. The lowest BCUT2D eigenvalue weighted by molar-refractivity contribution is -0.140. The molecule has 94 valence electrons. The number of carboxylic acids is 1. The van der Waals surface area contributed by atoms with E-state index in [4.69, 9.17) is 5.11 Å². The molecule has 2 N–H and O–H groups in total. The third kappa shape index (κ3) is 2.04. The minimum Gasteiger partial charge on any atom is -0.479 e. The van der Waals surface area contributed by atoms with Crippen LogP contribution in [0.5, 0.6) is 0 Å². The molecule has 2 rings (SSSR count). The Morgan fingerprint density at radius 1 is 1.56 bits per heavy atom. The molecule has 0 fully saturated rings. The van der Waals surface area contributed by atoms with Crippen molar-refractivity contribution in [2.75, 3.05) is 18.9 Å². The normalized spacial score (nSPS) is 17.8. The lowest BCUT2D eigenvalue weighted by Gasteiger charge is -2.22. The van der Waals surface area contributed by atoms with Crippen molar-refractivity contribution in [3.05, 3.63) is 36.0 Å². The van der Waals surface area contributed by atoms with Crippen LogP contribution in [0.3, 0.4) is 0 Å². The number of nitrogens with zero attached hydrogens (tertiary/aromatic N) is 2. The van der Waals surface area contributed by atoms with Gasteiger partial charge in [-0.2, -0.15) is 0 Å². The van der Waals surface area contributed by atoms with Crippen LogP contribution in [0.2, 0.25) is 0 Å². The zero-order valence-corrected chi connectivity index (χ0v) is 9.83. The number of rotatable bonds is 3. The molecule has 0 bridgehead atoms. The molecule has 1 aliphatic heterocycles. The number of carbonyl (C=O) groups is 2. The number of nitrogens with one attached hydrogen (secondary N) is 1. The number of hydrogen-bond donors (Lipinski definition) is 2. The quantitative estimate of drug-likeness (QED) is 0.764. The third-order valence-corrected chi connectivity index (χ3v) is 2.75. The van der Waals surface area contributed by atoms with E-state index in [1.54, 1.807) is 31.5 Å². The van der Waals surface area contributed by atoms with E-state index in [9.17, 15) is 9.59 Å². The Morgan fingerprint density at radius 3 is 3.00 bits per heavy atom. The first-order valence-electron chi connectivity index (χ1n) is 5.48. The van der Waals surface area contributed by atoms with Crippen molar-refractivity contribution < 1.29 is 14.7 Å². The van der Waals surface area contributed by atoms with Crippen molar-refractivity contribution in [1.29, 1.82) is 0 Å². The summed E-state index contributed by atoms with van der Waals surface area (Å²) >= 11 is 0. The van der Waals surface area contributed by atoms with Gasteiger partial charge in [-0.1, -0.05) is 12.2 Å². The number of amides is 1. The molecule has 0 spiro atoms. The molecule has 2 heterocycles. The molecule has 1 aromatic heterocycles. The molecule has 1 aromatic rings. The molecule has 0 saturated heterocycles. The van der Waals surface area contributed by atoms with Gasteiger partial charge in [0.15, 0.2) is 0 Å². The molecule has 0 radical (unpaired) electrons. The van der Waals surface area contributed by atoms with Gasteiger partial charge in [0.1, 0.15) is 11.9 Å². The Labute approximate surface area is 104 Å². The second kappa shape index (κ2) is 4.87. The van der Waals surface area contributed by atoms with Gasteiger partial charge in [0, 0.05) is 19.8 Å². The van der Waals surface area contributed by atoms with E-state index >= 15 is 0 Å². The van der Waals surface area contributed by atoms with Crippen LogP contribution >= 0.6 is 0 Å². The number of aromatic nitrogens is 1. The Bertz CT molecular complexity index is 513. The number of aliphatic carboxylic acids is 1. The number of carbonyl (C=O) groups excluding carboxylic acids is 1. The van der Waals surface area contributed by atoms with Crippen LogP contribution in [0.25, 0.3) is 0 Å². The van der Waals surface area contributed by atoms with Crippen molar-refractivity contribution in [3.8, 4) is 0 Å². The maximum absolute atomic E-state index is 12.3. The van der Waals surface area contributed by atoms with Gasteiger partial charge in [-0.15, -0.1) is 0 Å². The van der Waals surface area contributed by atoms with Crippen LogP contribution < -0.4 is 5.32 Å². The maximum atomic E-state index is 12.3. The molecule has 0 aromatic carbocycles. The summed E-state index contributed by atoms with van der Waals surface area (Å²) in [5, 5.41) is 11.8. The van der Waals surface area contributed by atoms with Gasteiger partial charge in [-0.3, -0.25) is 4.79 Å². The van der Waals surface area contributed by atoms with Gasteiger partial charge < -0.3 is 15.3 Å². The minimum atomic E-state index is -1.04. The Balaban J connectivity index is 2.29. The fraction of sp³-hybridized carbons (Fsp3) is 0.250. The number of pyridine rings is 1. The van der Waals surface area contributed by atoms with E-state index in [2.05, 4.69) is 10.3 Å². The standard InChI is InChI=1S/C12H13N3O3/c1-13-10-8(4-2-6-14-10)11(16)15-7-3-5-9(15)12(17)18/h2-6,9H,7H2,1H3,(H,13,14)(H,17,18). The van der Waals surface area contributed by atoms with Gasteiger partial charge in [0.05, 0.1) is 5.56 Å². The number of carboxylic acid groups (broad SMARTS) is 1. The fourth-order valence-corrected chi connectivity index (χ4v) is 1.88. The van der Waals surface area contributed by atoms with Crippen molar-refractivity contribution in [1.82, 2.24) is 9.88 Å². The van der Waals surface area contributed by atoms with Crippen molar-refractivity contribution in [2.24, 2.45) is 0 Å². The first kappa shape index (κ1) is 12.1. The average Bonchev–Trinajstić information content (AvgIpc) is 2.87. The zero-order chi connectivity index (χ0) is 13.1. The summed E-state index contributed by atoms with van der Waals surface area (Å²) in [7, 11) is 1.66. The highest BCUT2D eigenvalue weighted by Gasteiger charge is 2.31. The Hall–Kier alpha value is -2.37. The number of anilines is 1. The molecule has 0 aliphatic carbocycles. The first-order valence-corrected chi connectivity index (χ1v) is 5.48. The van der Waals surface area contributed by atoms with Crippen LogP contribution in [-0.2, 0) is 4.79 Å². The van der Waals surface area contributed by atoms with E-state index in [1.807, 2.05) is 0 Å². The molecule has 6 heteroatoms. The molecule has 1 unspecified atom stereocenters. The summed E-state index contributed by atoms with van der Waals surface area (Å²) in [4.78, 5) is 28.6. The van der Waals surface area contributed by atoms with E-state index in [-0.39, 0.29) is 5.91 Å². The highest BCUT2D eigenvalue weighted by Crippen LogP contribution is 2.18. The first-order chi connectivity index (χ1) is 8.65. The van der Waals surface area contributed by atoms with E-state index in [0.29, 0.717) is 17.9 Å². The maximum Gasteiger partial charge on any atom is 0.330 e. The smallest absolute Gasteiger partial charge is 0.330 e. The largest absolute Gasteiger partial charge is 0.479 e. The van der Waals surface area contributed by atoms with Crippen LogP contribution in [-0.4, -0.2) is 46.5 Å². The highest BCUT2D eigenvalue weighted by atomic mass is 16.4. The Kier molecular flexibility index (Phi) is 3.27. The third-order valence-electron chi connectivity index (χ3n) is 2.75. The molecule has 18 heavy (non-hydrogen) atoms. The lowest BCUT2D eigenvalue weighted by Crippen LogP contribution is -2.41. The van der Waals surface area contributed by atoms with Crippen LogP contribution in [0.15, 0.2) is 30.5 Å². The van der Waals surface area contributed by atoms with Crippen molar-refractivity contribution in [2.45, 2.75) is 6.04 Å². The van der Waals surface area contributed by atoms with Crippen LogP contribution in [0, 0.1) is 0 Å². The summed E-state index contributed by atoms with van der Waals surface area (Å²) in [5.41, 5.74) is 0.370. The average molecular weight is 247 g/mol. The van der Waals surface area contributed by atoms with E-state index in [0.717, 1.165) is 0 Å². The lowest BCUT2D eigenvalue weighted by atomic mass is 10.2. The molecule has 1 aliphatic rings. The number of hydrogen-bond acceptors (Lipinski definition) is 4. The SMILES string of the molecule is CNc1ncccc1C(=O)N1CC=CC1C(=O)O. The van der Waals surface area contributed by atoms with Gasteiger partial charge in [-0.05, 0) is 12.1 Å². The van der Waals surface area contributed by atoms with E-state index in [1.165, 1.54) is 11.0 Å². The highest BCUT2D eigenvalue weighted by molar-refractivity contribution is 6.01. The van der Waals surface area contributed by atoms with Gasteiger partial charge in [0.2, 0.25) is 0 Å². The van der Waals surface area contributed by atoms with Crippen molar-refractivity contribution in [3.63, 3.8) is 0 Å². The van der Waals surface area contributed by atoms with Crippen LogP contribution in [0.1, 0.15) is 10.4 Å². The van der Waals surface area contributed by atoms with Crippen molar-refractivity contribution >= 4 is 17.7 Å².